The Hall–Kier alpha value is -3.99. The Kier molecular flexibility index (Phi) is 5.40. The number of nitrogens with zero attached hydrogens (tertiary/aromatic N) is 4. The van der Waals surface area contributed by atoms with Gasteiger partial charge in [-0.3, -0.25) is 9.59 Å². The molecule has 8 nitrogen and oxygen atoms in total. The average molecular weight is 455 g/mol. The molecular formula is C26H26N6O2. The zero-order valence-corrected chi connectivity index (χ0v) is 19.3. The van der Waals surface area contributed by atoms with E-state index in [4.69, 9.17) is 5.26 Å². The lowest BCUT2D eigenvalue weighted by molar-refractivity contribution is -0.131. The molecule has 0 atom stereocenters. The second-order valence-corrected chi connectivity index (χ2v) is 9.65. The van der Waals surface area contributed by atoms with Gasteiger partial charge in [-0.15, -0.1) is 0 Å². The molecule has 3 aromatic heterocycles. The van der Waals surface area contributed by atoms with Crippen LogP contribution in [0.3, 0.4) is 0 Å². The second kappa shape index (κ2) is 8.41. The molecule has 1 aliphatic heterocycles. The first kappa shape index (κ1) is 21.8. The van der Waals surface area contributed by atoms with Crippen molar-refractivity contribution in [3.63, 3.8) is 0 Å². The number of nitriles is 1. The second-order valence-electron chi connectivity index (χ2n) is 9.65. The van der Waals surface area contributed by atoms with E-state index in [0.29, 0.717) is 18.8 Å². The maximum Gasteiger partial charge on any atom is 0.269 e. The predicted molar refractivity (Wildman–Crippen MR) is 128 cm³/mol. The van der Waals surface area contributed by atoms with Crippen molar-refractivity contribution in [1.29, 1.82) is 5.26 Å². The minimum atomic E-state index is -0.648. The lowest BCUT2D eigenvalue weighted by Crippen LogP contribution is -2.33. The van der Waals surface area contributed by atoms with E-state index in [9.17, 15) is 9.59 Å². The van der Waals surface area contributed by atoms with Gasteiger partial charge in [-0.2, -0.15) is 5.26 Å². The largest absolute Gasteiger partial charge is 0.349 e. The van der Waals surface area contributed by atoms with Crippen LogP contribution in [-0.4, -0.2) is 51.3 Å². The quantitative estimate of drug-likeness (QED) is 0.591. The molecule has 1 aliphatic carbocycles. The van der Waals surface area contributed by atoms with Crippen LogP contribution in [0, 0.1) is 22.7 Å². The van der Waals surface area contributed by atoms with E-state index >= 15 is 0 Å². The smallest absolute Gasteiger partial charge is 0.269 e. The van der Waals surface area contributed by atoms with E-state index in [1.165, 1.54) is 0 Å². The fourth-order valence-corrected chi connectivity index (χ4v) is 3.99. The van der Waals surface area contributed by atoms with Crippen molar-refractivity contribution in [3.8, 4) is 17.3 Å². The van der Waals surface area contributed by atoms with Crippen LogP contribution in [-0.2, 0) is 4.79 Å². The van der Waals surface area contributed by atoms with Gasteiger partial charge in [-0.05, 0) is 56.5 Å². The van der Waals surface area contributed by atoms with Crippen LogP contribution < -0.4 is 5.32 Å². The molecule has 1 fully saturated rings. The maximum atomic E-state index is 12.5. The van der Waals surface area contributed by atoms with Crippen LogP contribution in [0.5, 0.6) is 0 Å². The van der Waals surface area contributed by atoms with Crippen LogP contribution in [0.15, 0.2) is 42.6 Å². The Balaban J connectivity index is 1.33. The van der Waals surface area contributed by atoms with Gasteiger partial charge < -0.3 is 15.2 Å². The summed E-state index contributed by atoms with van der Waals surface area (Å²) in [6, 6.07) is 11.5. The highest BCUT2D eigenvalue weighted by atomic mass is 16.2. The van der Waals surface area contributed by atoms with Gasteiger partial charge in [0.1, 0.15) is 11.3 Å². The summed E-state index contributed by atoms with van der Waals surface area (Å²) < 4.78 is 0. The van der Waals surface area contributed by atoms with Crippen LogP contribution >= 0.6 is 0 Å². The van der Waals surface area contributed by atoms with E-state index in [2.05, 4.69) is 32.4 Å². The number of carbonyl (C=O) groups is 2. The molecule has 8 heteroatoms. The summed E-state index contributed by atoms with van der Waals surface area (Å²) in [5.41, 5.74) is 3.92. The normalized spacial score (nSPS) is 15.8. The van der Waals surface area contributed by atoms with Gasteiger partial charge in [0.25, 0.3) is 5.91 Å². The number of H-pyrrole nitrogens is 1. The number of hydrogen-bond acceptors (Lipinski definition) is 5. The third kappa shape index (κ3) is 4.42. The van der Waals surface area contributed by atoms with Crippen LogP contribution in [0.4, 0.5) is 0 Å². The van der Waals surface area contributed by atoms with Gasteiger partial charge in [0.15, 0.2) is 0 Å². The third-order valence-corrected chi connectivity index (χ3v) is 6.24. The van der Waals surface area contributed by atoms with Crippen molar-refractivity contribution in [3.05, 3.63) is 54.0 Å². The minimum Gasteiger partial charge on any atom is -0.349 e. The zero-order valence-electron chi connectivity index (χ0n) is 19.3. The molecule has 2 amide bonds. The van der Waals surface area contributed by atoms with Gasteiger partial charge in [0, 0.05) is 48.4 Å². The van der Waals surface area contributed by atoms with Crippen molar-refractivity contribution in [2.24, 2.45) is 11.3 Å². The summed E-state index contributed by atoms with van der Waals surface area (Å²) in [4.78, 5) is 39.2. The molecule has 0 saturated heterocycles. The highest BCUT2D eigenvalue weighted by Gasteiger charge is 2.34. The fraction of sp³-hybridized carbons (Fsp3) is 0.346. The maximum absolute atomic E-state index is 12.5. The number of aromatic nitrogens is 3. The van der Waals surface area contributed by atoms with E-state index in [-0.39, 0.29) is 30.0 Å². The number of amides is 2. The van der Waals surface area contributed by atoms with E-state index in [1.54, 1.807) is 32.2 Å². The molecule has 0 aromatic carbocycles. The van der Waals surface area contributed by atoms with Gasteiger partial charge in [-0.1, -0.05) is 12.1 Å². The summed E-state index contributed by atoms with van der Waals surface area (Å²) in [6.45, 7) is 5.06. The molecule has 34 heavy (non-hydrogen) atoms. The van der Waals surface area contributed by atoms with Crippen molar-refractivity contribution < 1.29 is 9.59 Å². The number of pyridine rings is 2. The Bertz CT molecular complexity index is 1360. The minimum absolute atomic E-state index is 0.225. The number of fused-ring (bicyclic) bond motifs is 1. The molecular weight excluding hydrogens is 428 g/mol. The Labute approximate surface area is 197 Å². The highest BCUT2D eigenvalue weighted by Crippen LogP contribution is 2.33. The fourth-order valence-electron chi connectivity index (χ4n) is 3.99. The monoisotopic (exact) mass is 454 g/mol. The molecule has 0 unspecified atom stereocenters. The summed E-state index contributed by atoms with van der Waals surface area (Å²) in [6.07, 6.45) is 5.86. The number of carbonyl (C=O) groups excluding carboxylic acids is 2. The molecule has 5 rings (SSSR count). The number of nitrogens with one attached hydrogen (secondary N) is 2. The summed E-state index contributed by atoms with van der Waals surface area (Å²) >= 11 is 0. The first-order valence-electron chi connectivity index (χ1n) is 11.5. The van der Waals surface area contributed by atoms with Crippen LogP contribution in [0.25, 0.3) is 27.9 Å². The van der Waals surface area contributed by atoms with Crippen molar-refractivity contribution in [2.75, 3.05) is 19.6 Å². The van der Waals surface area contributed by atoms with Crippen molar-refractivity contribution >= 4 is 28.4 Å². The number of rotatable bonds is 6. The summed E-state index contributed by atoms with van der Waals surface area (Å²) in [5, 5.41) is 12.9. The molecule has 4 heterocycles. The molecule has 2 N–H and O–H groups in total. The first-order valence-corrected chi connectivity index (χ1v) is 11.5. The van der Waals surface area contributed by atoms with Crippen LogP contribution in [0.1, 0.15) is 42.9 Å². The average Bonchev–Trinajstić information content (AvgIpc) is 3.42. The van der Waals surface area contributed by atoms with E-state index < -0.39 is 5.41 Å². The van der Waals surface area contributed by atoms with Crippen LogP contribution in [0.2, 0.25) is 0 Å². The van der Waals surface area contributed by atoms with Crippen molar-refractivity contribution in [2.45, 2.75) is 26.7 Å². The van der Waals surface area contributed by atoms with Crippen molar-refractivity contribution in [1.82, 2.24) is 25.2 Å². The zero-order chi connectivity index (χ0) is 23.9. The topological polar surface area (TPSA) is 115 Å². The molecule has 2 aliphatic rings. The van der Waals surface area contributed by atoms with Gasteiger partial charge in [-0.25, -0.2) is 9.97 Å². The summed E-state index contributed by atoms with van der Waals surface area (Å²) in [5.74, 6) is 0.165. The van der Waals surface area contributed by atoms with Gasteiger partial charge in [0.2, 0.25) is 5.91 Å². The lowest BCUT2D eigenvalue weighted by Gasteiger charge is -2.15. The highest BCUT2D eigenvalue weighted by molar-refractivity contribution is 5.93. The standard InChI is InChI=1S/C26H26N6O2/c1-26(2,14-27)15-29-24(33)21-5-3-4-20(30-21)19-10-18-11-22(31-23(18)28-12-19)17-8-9-32(13-17)25(34)16-6-7-16/h3-5,8,10-12,16H,6-7,9,13,15H2,1-2H3,(H,28,31)(H,29,33). The predicted octanol–water partition coefficient (Wildman–Crippen LogP) is 3.54. The molecule has 0 bridgehead atoms. The number of aromatic amines is 1. The lowest BCUT2D eigenvalue weighted by atomic mass is 9.96. The first-order chi connectivity index (χ1) is 16.3. The van der Waals surface area contributed by atoms with Gasteiger partial charge in [0.05, 0.1) is 17.2 Å². The molecule has 0 radical (unpaired) electrons. The van der Waals surface area contributed by atoms with E-state index in [0.717, 1.165) is 40.7 Å². The Morgan fingerprint density at radius 3 is 2.88 bits per heavy atom. The Morgan fingerprint density at radius 2 is 2.12 bits per heavy atom. The molecule has 172 valence electrons. The van der Waals surface area contributed by atoms with E-state index in [1.807, 2.05) is 23.1 Å². The SMILES string of the molecule is CC(C)(C#N)CNC(=O)c1cccc(-c2cnc3[nH]c(C4=CCN(C(=O)C5CC5)C4)cc3c2)n1. The van der Waals surface area contributed by atoms with Gasteiger partial charge >= 0.3 is 0 Å². The number of hydrogen-bond donors (Lipinski definition) is 2. The molecule has 1 saturated carbocycles. The Morgan fingerprint density at radius 1 is 1.29 bits per heavy atom. The summed E-state index contributed by atoms with van der Waals surface area (Å²) in [7, 11) is 0. The molecule has 3 aromatic rings. The third-order valence-electron chi connectivity index (χ3n) is 6.24. The molecule has 0 spiro atoms.